The molecule has 0 saturated carbocycles. The third-order valence-corrected chi connectivity index (χ3v) is 6.26. The van der Waals surface area contributed by atoms with Crippen LogP contribution >= 0.6 is 22.9 Å². The molecule has 0 spiro atoms. The summed E-state index contributed by atoms with van der Waals surface area (Å²) >= 11 is 7.02. The first-order chi connectivity index (χ1) is 13.6. The van der Waals surface area contributed by atoms with Gasteiger partial charge in [0.25, 0.3) is 0 Å². The molecule has 11 heteroatoms. The van der Waals surface area contributed by atoms with Crippen LogP contribution in [0.1, 0.15) is 52.0 Å². The largest absolute Gasteiger partial charge is 0.462 e. The second kappa shape index (κ2) is 8.35. The standard InChI is InChI=1S/C18H19ClF3N3O3S/c1-3-28-17(27)13-10-6-4-5-7-11(10)29-16(13)23-12(26)8-25-9(2)14(19)15(24-25)18(20,21)22/h3-8H2,1-2H3,(H,23,26). The smallest absolute Gasteiger partial charge is 0.436 e. The number of hydrogen-bond acceptors (Lipinski definition) is 5. The predicted octanol–water partition coefficient (Wildman–Crippen LogP) is 4.62. The van der Waals surface area contributed by atoms with Crippen molar-refractivity contribution in [1.82, 2.24) is 9.78 Å². The molecule has 2 aromatic rings. The van der Waals surface area contributed by atoms with Crippen molar-refractivity contribution in [2.24, 2.45) is 0 Å². The minimum atomic E-state index is -4.71. The first-order valence-corrected chi connectivity index (χ1v) is 10.2. The van der Waals surface area contributed by atoms with Crippen LogP contribution in [-0.2, 0) is 35.1 Å². The molecule has 1 aliphatic rings. The minimum Gasteiger partial charge on any atom is -0.462 e. The summed E-state index contributed by atoms with van der Waals surface area (Å²) in [5.41, 5.74) is 0.0206. The van der Waals surface area contributed by atoms with Crippen LogP contribution < -0.4 is 5.32 Å². The highest BCUT2D eigenvalue weighted by molar-refractivity contribution is 7.17. The van der Waals surface area contributed by atoms with Crippen LogP contribution in [0.3, 0.4) is 0 Å². The number of nitrogens with zero attached hydrogens (tertiary/aromatic N) is 2. The fourth-order valence-electron chi connectivity index (χ4n) is 3.23. The van der Waals surface area contributed by atoms with Crippen LogP contribution in [0.5, 0.6) is 0 Å². The Morgan fingerprint density at radius 3 is 2.62 bits per heavy atom. The van der Waals surface area contributed by atoms with Gasteiger partial charge in [-0.1, -0.05) is 11.6 Å². The monoisotopic (exact) mass is 449 g/mol. The van der Waals surface area contributed by atoms with Gasteiger partial charge in [0.15, 0.2) is 5.69 Å². The van der Waals surface area contributed by atoms with Crippen molar-refractivity contribution in [2.75, 3.05) is 11.9 Å². The molecular weight excluding hydrogens is 431 g/mol. The molecule has 1 aliphatic carbocycles. The topological polar surface area (TPSA) is 73.2 Å². The van der Waals surface area contributed by atoms with E-state index in [1.54, 1.807) is 6.92 Å². The van der Waals surface area contributed by atoms with E-state index in [0.29, 0.717) is 10.6 Å². The lowest BCUT2D eigenvalue weighted by Crippen LogP contribution is -2.22. The number of rotatable bonds is 5. The SMILES string of the molecule is CCOC(=O)c1c(NC(=O)Cn2nc(C(F)(F)F)c(Cl)c2C)sc2c1CCCC2. The first-order valence-electron chi connectivity index (χ1n) is 9.05. The Morgan fingerprint density at radius 2 is 2.00 bits per heavy atom. The van der Waals surface area contributed by atoms with Crippen LogP contribution in [0.2, 0.25) is 5.02 Å². The molecule has 6 nitrogen and oxygen atoms in total. The molecule has 0 fully saturated rings. The number of carbonyl (C=O) groups is 2. The molecule has 2 aromatic heterocycles. The average molecular weight is 450 g/mol. The van der Waals surface area contributed by atoms with E-state index in [-0.39, 0.29) is 12.3 Å². The molecular formula is C18H19ClF3N3O3S. The Labute approximate surface area is 174 Å². The van der Waals surface area contributed by atoms with Crippen LogP contribution in [0.15, 0.2) is 0 Å². The average Bonchev–Trinajstić information content (AvgIpc) is 3.13. The molecule has 29 heavy (non-hydrogen) atoms. The number of fused-ring (bicyclic) bond motifs is 1. The molecule has 0 aromatic carbocycles. The summed E-state index contributed by atoms with van der Waals surface area (Å²) in [6.45, 7) is 2.78. The quantitative estimate of drug-likeness (QED) is 0.676. The van der Waals surface area contributed by atoms with Crippen LogP contribution in [0.4, 0.5) is 18.2 Å². The Morgan fingerprint density at radius 1 is 1.31 bits per heavy atom. The molecule has 0 bridgehead atoms. The number of amides is 1. The second-order valence-electron chi connectivity index (χ2n) is 6.59. The van der Waals surface area contributed by atoms with Gasteiger partial charge in [-0.2, -0.15) is 18.3 Å². The molecule has 0 aliphatic heterocycles. The van der Waals surface area contributed by atoms with Crippen molar-refractivity contribution in [2.45, 2.75) is 52.3 Å². The van der Waals surface area contributed by atoms with Crippen molar-refractivity contribution in [3.05, 3.63) is 32.4 Å². The van der Waals surface area contributed by atoms with Crippen molar-refractivity contribution in [3.63, 3.8) is 0 Å². The van der Waals surface area contributed by atoms with Gasteiger partial charge in [0, 0.05) is 4.88 Å². The van der Waals surface area contributed by atoms with Gasteiger partial charge in [-0.15, -0.1) is 11.3 Å². The molecule has 0 atom stereocenters. The minimum absolute atomic E-state index is 0.0326. The zero-order valence-electron chi connectivity index (χ0n) is 15.8. The Balaban J connectivity index is 1.85. The van der Waals surface area contributed by atoms with Gasteiger partial charge in [0.1, 0.15) is 11.5 Å². The number of anilines is 1. The van der Waals surface area contributed by atoms with Gasteiger partial charge in [-0.25, -0.2) is 4.79 Å². The van der Waals surface area contributed by atoms with Gasteiger partial charge in [-0.05, 0) is 45.1 Å². The van der Waals surface area contributed by atoms with E-state index < -0.39 is 35.3 Å². The maximum Gasteiger partial charge on any atom is 0.436 e. The number of nitrogens with one attached hydrogen (secondary N) is 1. The lowest BCUT2D eigenvalue weighted by Gasteiger charge is -2.12. The van der Waals surface area contributed by atoms with Crippen molar-refractivity contribution in [3.8, 4) is 0 Å². The normalized spacial score (nSPS) is 13.9. The number of alkyl halides is 3. The van der Waals surface area contributed by atoms with Crippen LogP contribution in [0.25, 0.3) is 0 Å². The maximum atomic E-state index is 13.0. The fourth-order valence-corrected chi connectivity index (χ4v) is 4.77. The van der Waals surface area contributed by atoms with E-state index in [1.807, 2.05) is 0 Å². The molecule has 0 unspecified atom stereocenters. The lowest BCUT2D eigenvalue weighted by atomic mass is 9.95. The van der Waals surface area contributed by atoms with Gasteiger partial charge < -0.3 is 10.1 Å². The summed E-state index contributed by atoms with van der Waals surface area (Å²) in [5.74, 6) is -1.12. The highest BCUT2D eigenvalue weighted by Gasteiger charge is 2.38. The Bertz CT molecular complexity index is 953. The summed E-state index contributed by atoms with van der Waals surface area (Å²) < 4.78 is 44.9. The van der Waals surface area contributed by atoms with E-state index >= 15 is 0 Å². The summed E-state index contributed by atoms with van der Waals surface area (Å²) in [6.07, 6.45) is -1.25. The maximum absolute atomic E-state index is 13.0. The highest BCUT2D eigenvalue weighted by atomic mass is 35.5. The Hall–Kier alpha value is -2.07. The van der Waals surface area contributed by atoms with E-state index in [4.69, 9.17) is 16.3 Å². The summed E-state index contributed by atoms with van der Waals surface area (Å²) in [4.78, 5) is 26.0. The van der Waals surface area contributed by atoms with E-state index in [1.165, 1.54) is 18.3 Å². The molecule has 158 valence electrons. The number of ether oxygens (including phenoxy) is 1. The molecule has 1 N–H and O–H groups in total. The number of esters is 1. The van der Waals surface area contributed by atoms with Gasteiger partial charge in [0.2, 0.25) is 5.91 Å². The van der Waals surface area contributed by atoms with Gasteiger partial charge in [-0.3, -0.25) is 9.48 Å². The number of thiophene rings is 1. The van der Waals surface area contributed by atoms with Crippen LogP contribution in [0, 0.1) is 6.92 Å². The van der Waals surface area contributed by atoms with Gasteiger partial charge >= 0.3 is 12.1 Å². The summed E-state index contributed by atoms with van der Waals surface area (Å²) in [7, 11) is 0. The molecule has 0 saturated heterocycles. The lowest BCUT2D eigenvalue weighted by molar-refractivity contribution is -0.141. The number of halogens is 4. The number of aryl methyl sites for hydroxylation is 1. The van der Waals surface area contributed by atoms with E-state index in [9.17, 15) is 22.8 Å². The predicted molar refractivity (Wildman–Crippen MR) is 103 cm³/mol. The summed E-state index contributed by atoms with van der Waals surface area (Å²) in [5, 5.41) is 5.88. The third kappa shape index (κ3) is 4.42. The highest BCUT2D eigenvalue weighted by Crippen LogP contribution is 2.39. The molecule has 3 rings (SSSR count). The summed E-state index contributed by atoms with van der Waals surface area (Å²) in [6, 6.07) is 0. The van der Waals surface area contributed by atoms with Crippen molar-refractivity contribution in [1.29, 1.82) is 0 Å². The number of aromatic nitrogens is 2. The van der Waals surface area contributed by atoms with Crippen LogP contribution in [-0.4, -0.2) is 28.3 Å². The van der Waals surface area contributed by atoms with Gasteiger partial charge in [0.05, 0.1) is 22.9 Å². The number of hydrogen-bond donors (Lipinski definition) is 1. The first kappa shape index (κ1) is 21.6. The fraction of sp³-hybridized carbons (Fsp3) is 0.500. The zero-order valence-corrected chi connectivity index (χ0v) is 17.4. The third-order valence-electron chi connectivity index (χ3n) is 4.60. The molecule has 1 amide bonds. The second-order valence-corrected chi connectivity index (χ2v) is 8.07. The van der Waals surface area contributed by atoms with E-state index in [0.717, 1.165) is 40.8 Å². The Kier molecular flexibility index (Phi) is 6.23. The zero-order chi connectivity index (χ0) is 21.3. The molecule has 2 heterocycles. The number of carbonyl (C=O) groups excluding carboxylic acids is 2. The molecule has 0 radical (unpaired) electrons. The van der Waals surface area contributed by atoms with Crippen molar-refractivity contribution >= 4 is 39.8 Å². The van der Waals surface area contributed by atoms with E-state index in [2.05, 4.69) is 10.4 Å². The van der Waals surface area contributed by atoms with Crippen molar-refractivity contribution < 1.29 is 27.5 Å².